The number of hydrogen-bond acceptors (Lipinski definition) is 5. The van der Waals surface area contributed by atoms with Crippen molar-refractivity contribution >= 4 is 10.0 Å². The number of alkyl halides is 6. The molecule has 2 fully saturated rings. The van der Waals surface area contributed by atoms with Gasteiger partial charge in [0.15, 0.2) is 0 Å². The minimum Gasteiger partial charge on any atom is -0.369 e. The molecule has 198 valence electrons. The Hall–Kier alpha value is -2.22. The lowest BCUT2D eigenvalue weighted by atomic mass is 9.92. The third kappa shape index (κ3) is 4.61. The quantitative estimate of drug-likeness (QED) is 0.568. The van der Waals surface area contributed by atoms with Crippen LogP contribution >= 0.6 is 0 Å². The summed E-state index contributed by atoms with van der Waals surface area (Å²) in [4.78, 5) is 5.76. The zero-order valence-corrected chi connectivity index (χ0v) is 20.0. The maximum Gasteiger partial charge on any atom is 0.430 e. The second kappa shape index (κ2) is 8.96. The number of nitrogens with zero attached hydrogens (tertiary/aromatic N) is 3. The molecule has 4 rings (SSSR count). The molecule has 0 amide bonds. The Kier molecular flexibility index (Phi) is 6.68. The lowest BCUT2D eigenvalue weighted by Gasteiger charge is -2.40. The van der Waals surface area contributed by atoms with Gasteiger partial charge in [0, 0.05) is 55.6 Å². The van der Waals surface area contributed by atoms with Gasteiger partial charge in [-0.15, -0.1) is 0 Å². The maximum atomic E-state index is 13.2. The number of aromatic nitrogens is 1. The molecular formula is C23H25F6N3O3S. The van der Waals surface area contributed by atoms with Gasteiger partial charge in [-0.3, -0.25) is 9.88 Å². The van der Waals surface area contributed by atoms with Gasteiger partial charge in [-0.05, 0) is 49.6 Å². The zero-order valence-electron chi connectivity index (χ0n) is 19.2. The molecule has 1 atom stereocenters. The summed E-state index contributed by atoms with van der Waals surface area (Å²) in [6, 6.07) is 5.49. The molecule has 6 nitrogen and oxygen atoms in total. The summed E-state index contributed by atoms with van der Waals surface area (Å²) in [5.74, 6) is 0. The summed E-state index contributed by atoms with van der Waals surface area (Å²) in [6.07, 6.45) is -6.61. The number of halogens is 6. The van der Waals surface area contributed by atoms with Gasteiger partial charge >= 0.3 is 12.4 Å². The first-order valence-corrected chi connectivity index (χ1v) is 12.7. The summed E-state index contributed by atoms with van der Waals surface area (Å²) >= 11 is 0. The van der Waals surface area contributed by atoms with E-state index in [0.717, 1.165) is 19.4 Å². The van der Waals surface area contributed by atoms with Gasteiger partial charge < -0.3 is 5.11 Å². The van der Waals surface area contributed by atoms with Gasteiger partial charge in [-0.1, -0.05) is 12.1 Å². The van der Waals surface area contributed by atoms with E-state index < -0.39 is 44.5 Å². The molecule has 1 aromatic carbocycles. The van der Waals surface area contributed by atoms with Crippen LogP contribution < -0.4 is 0 Å². The van der Waals surface area contributed by atoms with Crippen LogP contribution in [0.2, 0.25) is 0 Å². The molecule has 36 heavy (non-hydrogen) atoms. The number of benzene rings is 1. The van der Waals surface area contributed by atoms with Crippen LogP contribution in [0.15, 0.2) is 53.7 Å². The molecule has 1 saturated carbocycles. The van der Waals surface area contributed by atoms with Gasteiger partial charge in [0.1, 0.15) is 0 Å². The van der Waals surface area contributed by atoms with E-state index in [0.29, 0.717) is 37.4 Å². The van der Waals surface area contributed by atoms with Crippen LogP contribution in [0.25, 0.3) is 0 Å². The highest BCUT2D eigenvalue weighted by Crippen LogP contribution is 2.50. The highest BCUT2D eigenvalue weighted by atomic mass is 32.2. The molecule has 1 saturated heterocycles. The maximum absolute atomic E-state index is 13.2. The molecule has 13 heteroatoms. The van der Waals surface area contributed by atoms with Crippen molar-refractivity contribution < 1.29 is 39.9 Å². The first-order chi connectivity index (χ1) is 16.6. The molecular weight excluding hydrogens is 512 g/mol. The van der Waals surface area contributed by atoms with Crippen molar-refractivity contribution in [1.29, 1.82) is 0 Å². The highest BCUT2D eigenvalue weighted by Gasteiger charge is 2.71. The zero-order chi connectivity index (χ0) is 26.6. The molecule has 1 aliphatic carbocycles. The second-order valence-corrected chi connectivity index (χ2v) is 11.3. The SMILES string of the molecule is CC1CN(CC2(c3ccncc3)CC2)CCN1S(=O)(=O)c1ccc(C(O)(C(F)(F)F)C(F)(F)F)cc1. The molecule has 1 aliphatic heterocycles. The topological polar surface area (TPSA) is 73.7 Å². The fourth-order valence-electron chi connectivity index (χ4n) is 4.83. The largest absolute Gasteiger partial charge is 0.430 e. The summed E-state index contributed by atoms with van der Waals surface area (Å²) < 4.78 is 106. The molecule has 1 N–H and O–H groups in total. The molecule has 2 heterocycles. The van der Waals surface area contributed by atoms with Crippen molar-refractivity contribution in [2.24, 2.45) is 0 Å². The lowest BCUT2D eigenvalue weighted by Crippen LogP contribution is -2.55. The van der Waals surface area contributed by atoms with Crippen molar-refractivity contribution in [3.05, 3.63) is 59.9 Å². The van der Waals surface area contributed by atoms with Gasteiger partial charge in [0.05, 0.1) is 4.90 Å². The van der Waals surface area contributed by atoms with Crippen LogP contribution in [0.3, 0.4) is 0 Å². The van der Waals surface area contributed by atoms with Crippen LogP contribution in [0, 0.1) is 0 Å². The van der Waals surface area contributed by atoms with Crippen LogP contribution in [0.1, 0.15) is 30.9 Å². The monoisotopic (exact) mass is 537 g/mol. The Morgan fingerprint density at radius 1 is 0.972 bits per heavy atom. The van der Waals surface area contributed by atoms with E-state index in [-0.39, 0.29) is 12.0 Å². The summed E-state index contributed by atoms with van der Waals surface area (Å²) in [7, 11) is -4.19. The molecule has 0 spiro atoms. The number of rotatable bonds is 6. The molecule has 2 aliphatic rings. The van der Waals surface area contributed by atoms with Gasteiger partial charge in [0.2, 0.25) is 10.0 Å². The van der Waals surface area contributed by atoms with E-state index in [1.165, 1.54) is 9.87 Å². The van der Waals surface area contributed by atoms with Gasteiger partial charge in [0.25, 0.3) is 5.60 Å². The van der Waals surface area contributed by atoms with Crippen molar-refractivity contribution in [1.82, 2.24) is 14.2 Å². The second-order valence-electron chi connectivity index (χ2n) is 9.45. The molecule has 2 aromatic rings. The van der Waals surface area contributed by atoms with Crippen molar-refractivity contribution in [3.8, 4) is 0 Å². The van der Waals surface area contributed by atoms with E-state index in [9.17, 15) is 39.9 Å². The van der Waals surface area contributed by atoms with Crippen molar-refractivity contribution in [2.45, 2.75) is 54.1 Å². The minimum absolute atomic E-state index is 0.00724. The van der Waals surface area contributed by atoms with Crippen LogP contribution in [0.5, 0.6) is 0 Å². The normalized spacial score (nSPS) is 21.9. The Morgan fingerprint density at radius 2 is 1.53 bits per heavy atom. The third-order valence-electron chi connectivity index (χ3n) is 7.02. The number of aliphatic hydroxyl groups is 1. The Labute approximate surface area is 204 Å². The standard InChI is InChI=1S/C23H25F6N3O3S/c1-16-14-31(15-20(8-9-20)17-6-10-30-11-7-17)12-13-32(16)36(34,35)19-4-2-18(3-5-19)21(33,22(24,25)26)23(27,28)29/h2-7,10-11,16,33H,8-9,12-15H2,1H3. The smallest absolute Gasteiger partial charge is 0.369 e. The van der Waals surface area contributed by atoms with Gasteiger partial charge in [-0.25, -0.2) is 8.42 Å². The van der Waals surface area contributed by atoms with Crippen LogP contribution in [-0.2, 0) is 21.0 Å². The van der Waals surface area contributed by atoms with Crippen molar-refractivity contribution in [3.63, 3.8) is 0 Å². The van der Waals surface area contributed by atoms with E-state index in [1.54, 1.807) is 19.3 Å². The summed E-state index contributed by atoms with van der Waals surface area (Å²) in [6.45, 7) is 3.42. The Morgan fingerprint density at radius 3 is 2.00 bits per heavy atom. The summed E-state index contributed by atoms with van der Waals surface area (Å²) in [5.41, 5.74) is -5.44. The van der Waals surface area contributed by atoms with E-state index >= 15 is 0 Å². The third-order valence-corrected chi connectivity index (χ3v) is 9.05. The lowest BCUT2D eigenvalue weighted by molar-refractivity contribution is -0.376. The van der Waals surface area contributed by atoms with Crippen LogP contribution in [0.4, 0.5) is 26.3 Å². The average molecular weight is 538 g/mol. The molecule has 1 unspecified atom stereocenters. The molecule has 1 aromatic heterocycles. The minimum atomic E-state index is -6.05. The molecule has 0 radical (unpaired) electrons. The van der Waals surface area contributed by atoms with E-state index in [1.807, 2.05) is 12.1 Å². The number of hydrogen-bond donors (Lipinski definition) is 1. The predicted molar refractivity (Wildman–Crippen MR) is 117 cm³/mol. The summed E-state index contributed by atoms with van der Waals surface area (Å²) in [5, 5.41) is 9.53. The van der Waals surface area contributed by atoms with Crippen molar-refractivity contribution in [2.75, 3.05) is 26.2 Å². The Bertz CT molecular complexity index is 1170. The van der Waals surface area contributed by atoms with E-state index in [4.69, 9.17) is 0 Å². The molecule has 0 bridgehead atoms. The predicted octanol–water partition coefficient (Wildman–Crippen LogP) is 3.82. The van der Waals surface area contributed by atoms with Crippen LogP contribution in [-0.4, -0.2) is 72.3 Å². The number of piperazine rings is 1. The number of pyridine rings is 1. The number of sulfonamides is 1. The Balaban J connectivity index is 1.49. The average Bonchev–Trinajstić information content (AvgIpc) is 3.58. The van der Waals surface area contributed by atoms with Gasteiger partial charge in [-0.2, -0.15) is 30.6 Å². The fourth-order valence-corrected chi connectivity index (χ4v) is 6.44. The van der Waals surface area contributed by atoms with E-state index in [2.05, 4.69) is 9.88 Å². The first kappa shape index (κ1) is 26.8. The highest BCUT2D eigenvalue weighted by molar-refractivity contribution is 7.89. The first-order valence-electron chi connectivity index (χ1n) is 11.2. The fraction of sp³-hybridized carbons (Fsp3) is 0.522.